The third kappa shape index (κ3) is 2.36. The van der Waals surface area contributed by atoms with Crippen molar-refractivity contribution in [2.24, 2.45) is 5.92 Å². The number of piperidine rings is 1. The van der Waals surface area contributed by atoms with Crippen molar-refractivity contribution in [1.29, 1.82) is 0 Å². The number of carbonyl (C=O) groups is 1. The van der Waals surface area contributed by atoms with E-state index < -0.39 is 24.8 Å². The zero-order valence-corrected chi connectivity index (χ0v) is 7.64. The fraction of sp³-hybridized carbons (Fsp3) is 0.875. The van der Waals surface area contributed by atoms with Gasteiger partial charge in [-0.1, -0.05) is 6.92 Å². The van der Waals surface area contributed by atoms with E-state index in [1.165, 1.54) is 0 Å². The Kier molecular flexibility index (Phi) is 3.01. The molecule has 0 aromatic rings. The number of hydrogen-bond donors (Lipinski definition) is 0. The summed E-state index contributed by atoms with van der Waals surface area (Å²) in [5.41, 5.74) is 0. The smallest absolute Gasteiger partial charge is 0.332 e. The van der Waals surface area contributed by atoms with E-state index in [2.05, 4.69) is 0 Å². The second-order valence-corrected chi connectivity index (χ2v) is 3.53. The van der Waals surface area contributed by atoms with Gasteiger partial charge in [-0.05, 0) is 12.3 Å². The first-order valence-electron chi connectivity index (χ1n) is 4.32. The van der Waals surface area contributed by atoms with Crippen LogP contribution in [0.1, 0.15) is 13.3 Å². The lowest BCUT2D eigenvalue weighted by Gasteiger charge is -2.33. The van der Waals surface area contributed by atoms with Gasteiger partial charge in [0.2, 0.25) is 0 Å². The number of hydrogen-bond acceptors (Lipinski definition) is 1. The molecule has 1 amide bonds. The molecule has 0 aromatic carbocycles. The topological polar surface area (TPSA) is 20.3 Å². The second kappa shape index (κ2) is 3.74. The SMILES string of the molecule is CC1CCN(C(=O)C(F)(F)F)CC1F. The number of carbonyl (C=O) groups excluding carboxylic acids is 1. The van der Waals surface area contributed by atoms with Gasteiger partial charge in [-0.15, -0.1) is 0 Å². The molecule has 0 N–H and O–H groups in total. The van der Waals surface area contributed by atoms with Crippen LogP contribution in [0.15, 0.2) is 0 Å². The van der Waals surface area contributed by atoms with Gasteiger partial charge >= 0.3 is 12.1 Å². The van der Waals surface area contributed by atoms with Crippen molar-refractivity contribution in [3.63, 3.8) is 0 Å². The highest BCUT2D eigenvalue weighted by Gasteiger charge is 2.44. The van der Waals surface area contributed by atoms with Gasteiger partial charge in [0, 0.05) is 6.54 Å². The summed E-state index contributed by atoms with van der Waals surface area (Å²) < 4.78 is 48.8. The molecule has 1 fully saturated rings. The van der Waals surface area contributed by atoms with Crippen LogP contribution in [-0.4, -0.2) is 36.2 Å². The highest BCUT2D eigenvalue weighted by atomic mass is 19.4. The van der Waals surface area contributed by atoms with Gasteiger partial charge < -0.3 is 4.90 Å². The zero-order chi connectivity index (χ0) is 10.9. The van der Waals surface area contributed by atoms with Gasteiger partial charge in [-0.3, -0.25) is 4.79 Å². The van der Waals surface area contributed by atoms with Crippen LogP contribution in [0.3, 0.4) is 0 Å². The van der Waals surface area contributed by atoms with Gasteiger partial charge in [0.05, 0.1) is 6.54 Å². The van der Waals surface area contributed by atoms with Gasteiger partial charge in [-0.2, -0.15) is 13.2 Å². The average molecular weight is 213 g/mol. The van der Waals surface area contributed by atoms with Crippen molar-refractivity contribution >= 4 is 5.91 Å². The Balaban J connectivity index is 2.59. The Hall–Kier alpha value is -0.810. The van der Waals surface area contributed by atoms with E-state index in [4.69, 9.17) is 0 Å². The standard InChI is InChI=1S/C8H11F4NO/c1-5-2-3-13(4-6(5)9)7(14)8(10,11)12/h5-6H,2-4H2,1H3. The molecule has 1 rings (SSSR count). The van der Waals surface area contributed by atoms with Crippen LogP contribution in [0.2, 0.25) is 0 Å². The summed E-state index contributed by atoms with van der Waals surface area (Å²) in [6.45, 7) is 1.17. The van der Waals surface area contributed by atoms with Crippen molar-refractivity contribution in [1.82, 2.24) is 4.90 Å². The predicted molar refractivity (Wildman–Crippen MR) is 41.3 cm³/mol. The minimum Gasteiger partial charge on any atom is -0.332 e. The monoisotopic (exact) mass is 213 g/mol. The highest BCUT2D eigenvalue weighted by molar-refractivity contribution is 5.81. The molecule has 1 saturated heterocycles. The zero-order valence-electron chi connectivity index (χ0n) is 7.64. The molecule has 6 heteroatoms. The van der Waals surface area contributed by atoms with Crippen LogP contribution < -0.4 is 0 Å². The van der Waals surface area contributed by atoms with Crippen molar-refractivity contribution < 1.29 is 22.4 Å². The largest absolute Gasteiger partial charge is 0.471 e. The Morgan fingerprint density at radius 3 is 2.43 bits per heavy atom. The molecule has 0 bridgehead atoms. The van der Waals surface area contributed by atoms with Crippen molar-refractivity contribution in [3.05, 3.63) is 0 Å². The van der Waals surface area contributed by atoms with Gasteiger partial charge in [-0.25, -0.2) is 4.39 Å². The maximum absolute atomic E-state index is 13.0. The molecule has 0 spiro atoms. The molecule has 1 aliphatic heterocycles. The number of alkyl halides is 4. The van der Waals surface area contributed by atoms with Gasteiger partial charge in [0.15, 0.2) is 0 Å². The lowest BCUT2D eigenvalue weighted by molar-refractivity contribution is -0.187. The van der Waals surface area contributed by atoms with E-state index in [1.54, 1.807) is 6.92 Å². The predicted octanol–water partition coefficient (Wildman–Crippen LogP) is 1.76. The molecular formula is C8H11F4NO. The van der Waals surface area contributed by atoms with Crippen LogP contribution in [0.25, 0.3) is 0 Å². The van der Waals surface area contributed by atoms with E-state index in [0.717, 1.165) is 0 Å². The van der Waals surface area contributed by atoms with Crippen LogP contribution in [-0.2, 0) is 4.79 Å². The summed E-state index contributed by atoms with van der Waals surface area (Å²) in [6, 6.07) is 0. The number of likely N-dealkylation sites (tertiary alicyclic amines) is 1. The number of nitrogens with zero attached hydrogens (tertiary/aromatic N) is 1. The maximum Gasteiger partial charge on any atom is 0.471 e. The summed E-state index contributed by atoms with van der Waals surface area (Å²) in [5, 5.41) is 0. The average Bonchev–Trinajstić information content (AvgIpc) is 2.07. The summed E-state index contributed by atoms with van der Waals surface area (Å²) >= 11 is 0. The van der Waals surface area contributed by atoms with Gasteiger partial charge in [0.1, 0.15) is 6.17 Å². The van der Waals surface area contributed by atoms with Crippen LogP contribution in [0, 0.1) is 5.92 Å². The number of amides is 1. The van der Waals surface area contributed by atoms with E-state index in [-0.39, 0.29) is 18.9 Å². The quantitative estimate of drug-likeness (QED) is 0.561. The van der Waals surface area contributed by atoms with Crippen LogP contribution >= 0.6 is 0 Å². The summed E-state index contributed by atoms with van der Waals surface area (Å²) in [6.07, 6.45) is -5.96. The third-order valence-electron chi connectivity index (χ3n) is 2.40. The van der Waals surface area contributed by atoms with E-state index in [1.807, 2.05) is 0 Å². The fourth-order valence-electron chi connectivity index (χ4n) is 1.39. The molecule has 0 radical (unpaired) electrons. The van der Waals surface area contributed by atoms with Crippen molar-refractivity contribution in [3.8, 4) is 0 Å². The molecule has 0 aromatic heterocycles. The Bertz CT molecular complexity index is 228. The van der Waals surface area contributed by atoms with Gasteiger partial charge in [0.25, 0.3) is 0 Å². The molecule has 14 heavy (non-hydrogen) atoms. The lowest BCUT2D eigenvalue weighted by Crippen LogP contribution is -2.49. The van der Waals surface area contributed by atoms with Crippen molar-refractivity contribution in [2.75, 3.05) is 13.1 Å². The molecular weight excluding hydrogens is 202 g/mol. The molecule has 1 aliphatic rings. The van der Waals surface area contributed by atoms with Crippen LogP contribution in [0.5, 0.6) is 0 Å². The summed E-state index contributed by atoms with van der Waals surface area (Å²) in [4.78, 5) is 11.2. The van der Waals surface area contributed by atoms with E-state index in [0.29, 0.717) is 4.90 Å². The van der Waals surface area contributed by atoms with Crippen molar-refractivity contribution in [2.45, 2.75) is 25.7 Å². The lowest BCUT2D eigenvalue weighted by atomic mass is 9.97. The Morgan fingerprint density at radius 2 is 2.00 bits per heavy atom. The van der Waals surface area contributed by atoms with E-state index in [9.17, 15) is 22.4 Å². The number of halogens is 4. The minimum absolute atomic E-state index is 0.0140. The minimum atomic E-state index is -4.89. The second-order valence-electron chi connectivity index (χ2n) is 3.53. The van der Waals surface area contributed by atoms with E-state index >= 15 is 0 Å². The molecule has 2 atom stereocenters. The molecule has 82 valence electrons. The first-order chi connectivity index (χ1) is 6.32. The molecule has 2 unspecified atom stereocenters. The third-order valence-corrected chi connectivity index (χ3v) is 2.40. The molecule has 1 heterocycles. The summed E-state index contributed by atoms with van der Waals surface area (Å²) in [5.74, 6) is -2.21. The molecule has 2 nitrogen and oxygen atoms in total. The fourth-order valence-corrected chi connectivity index (χ4v) is 1.39. The first-order valence-corrected chi connectivity index (χ1v) is 4.32. The Labute approximate surface area is 78.9 Å². The molecule has 0 aliphatic carbocycles. The van der Waals surface area contributed by atoms with Crippen LogP contribution in [0.4, 0.5) is 17.6 Å². The normalized spacial score (nSPS) is 29.1. The number of rotatable bonds is 0. The highest BCUT2D eigenvalue weighted by Crippen LogP contribution is 2.25. The first kappa shape index (κ1) is 11.3. The molecule has 0 saturated carbocycles. The maximum atomic E-state index is 13.0. The summed E-state index contributed by atoms with van der Waals surface area (Å²) in [7, 11) is 0. The Morgan fingerprint density at radius 1 is 1.43 bits per heavy atom.